The van der Waals surface area contributed by atoms with Crippen molar-refractivity contribution >= 4 is 16.9 Å². The topological polar surface area (TPSA) is 79.5 Å². The molecule has 20 heavy (non-hydrogen) atoms. The maximum atomic E-state index is 12.0. The standard InChI is InChI=1S/C15H15NO4/c17-11-8-13(20-12-5-2-1-4-10(11)12)14(18)16-9-15(19)6-3-7-15/h1-2,4-5,8,19H,3,6-7,9H2,(H,16,18). The van der Waals surface area contributed by atoms with Crippen LogP contribution in [0.5, 0.6) is 0 Å². The number of amides is 1. The summed E-state index contributed by atoms with van der Waals surface area (Å²) >= 11 is 0. The molecule has 5 nitrogen and oxygen atoms in total. The van der Waals surface area contributed by atoms with E-state index in [1.165, 1.54) is 6.07 Å². The summed E-state index contributed by atoms with van der Waals surface area (Å²) in [7, 11) is 0. The third-order valence-electron chi connectivity index (χ3n) is 3.72. The molecule has 0 aliphatic heterocycles. The monoisotopic (exact) mass is 273 g/mol. The van der Waals surface area contributed by atoms with Gasteiger partial charge in [-0.3, -0.25) is 9.59 Å². The van der Waals surface area contributed by atoms with Gasteiger partial charge in [0.05, 0.1) is 11.0 Å². The lowest BCUT2D eigenvalue weighted by Crippen LogP contribution is -2.47. The van der Waals surface area contributed by atoms with E-state index in [0.29, 0.717) is 23.8 Å². The molecule has 1 aliphatic carbocycles. The summed E-state index contributed by atoms with van der Waals surface area (Å²) in [6.45, 7) is 0.183. The highest BCUT2D eigenvalue weighted by Crippen LogP contribution is 2.30. The second-order valence-corrected chi connectivity index (χ2v) is 5.23. The number of benzene rings is 1. The van der Waals surface area contributed by atoms with Gasteiger partial charge in [-0.25, -0.2) is 0 Å². The lowest BCUT2D eigenvalue weighted by atomic mass is 9.80. The van der Waals surface area contributed by atoms with Crippen LogP contribution < -0.4 is 10.7 Å². The summed E-state index contributed by atoms with van der Waals surface area (Å²) in [5, 5.41) is 13.0. The van der Waals surface area contributed by atoms with Gasteiger partial charge < -0.3 is 14.8 Å². The highest BCUT2D eigenvalue weighted by molar-refractivity contribution is 5.93. The predicted octanol–water partition coefficient (Wildman–Crippen LogP) is 1.44. The molecule has 1 aliphatic rings. The van der Waals surface area contributed by atoms with Crippen LogP contribution in [0, 0.1) is 0 Å². The molecule has 1 aromatic heterocycles. The van der Waals surface area contributed by atoms with Crippen LogP contribution in [-0.2, 0) is 0 Å². The first-order chi connectivity index (χ1) is 9.57. The molecule has 1 saturated carbocycles. The van der Waals surface area contributed by atoms with Crippen LogP contribution in [0.2, 0.25) is 0 Å². The quantitative estimate of drug-likeness (QED) is 0.886. The molecule has 0 saturated heterocycles. The zero-order chi connectivity index (χ0) is 14.2. The van der Waals surface area contributed by atoms with Crippen LogP contribution >= 0.6 is 0 Å². The van der Waals surface area contributed by atoms with E-state index in [1.54, 1.807) is 24.3 Å². The SMILES string of the molecule is O=C(NCC1(O)CCC1)c1cc(=O)c2ccccc2o1. The second kappa shape index (κ2) is 4.76. The van der Waals surface area contributed by atoms with Crippen molar-refractivity contribution in [2.24, 2.45) is 0 Å². The van der Waals surface area contributed by atoms with E-state index in [4.69, 9.17) is 4.42 Å². The Labute approximate surface area is 115 Å². The molecule has 5 heteroatoms. The molecule has 0 radical (unpaired) electrons. The number of nitrogens with one attached hydrogen (secondary N) is 1. The number of para-hydroxylation sites is 1. The summed E-state index contributed by atoms with van der Waals surface area (Å²) in [6, 6.07) is 7.96. The number of hydrogen-bond donors (Lipinski definition) is 2. The Balaban J connectivity index is 1.82. The lowest BCUT2D eigenvalue weighted by molar-refractivity contribution is -0.0301. The van der Waals surface area contributed by atoms with Crippen LogP contribution in [0.4, 0.5) is 0 Å². The Bertz CT molecular complexity index is 715. The molecule has 1 aromatic carbocycles. The van der Waals surface area contributed by atoms with Crippen molar-refractivity contribution in [2.75, 3.05) is 6.54 Å². The zero-order valence-corrected chi connectivity index (χ0v) is 10.9. The molecule has 0 spiro atoms. The molecular formula is C15H15NO4. The maximum Gasteiger partial charge on any atom is 0.287 e. The summed E-state index contributed by atoms with van der Waals surface area (Å²) < 4.78 is 5.43. The number of aliphatic hydroxyl groups is 1. The van der Waals surface area contributed by atoms with E-state index in [1.807, 2.05) is 0 Å². The Morgan fingerprint density at radius 2 is 2.10 bits per heavy atom. The van der Waals surface area contributed by atoms with Gasteiger partial charge in [-0.1, -0.05) is 12.1 Å². The first-order valence-corrected chi connectivity index (χ1v) is 6.61. The average molecular weight is 273 g/mol. The van der Waals surface area contributed by atoms with E-state index < -0.39 is 11.5 Å². The Kier molecular flexibility index (Phi) is 3.06. The van der Waals surface area contributed by atoms with Crippen LogP contribution in [0.15, 0.2) is 39.5 Å². The van der Waals surface area contributed by atoms with Crippen molar-refractivity contribution in [3.63, 3.8) is 0 Å². The first kappa shape index (κ1) is 12.9. The maximum absolute atomic E-state index is 12.0. The summed E-state index contributed by atoms with van der Waals surface area (Å²) in [5.74, 6) is -0.509. The molecule has 0 bridgehead atoms. The highest BCUT2D eigenvalue weighted by atomic mass is 16.3. The average Bonchev–Trinajstić information content (AvgIpc) is 2.42. The molecule has 1 heterocycles. The summed E-state index contributed by atoms with van der Waals surface area (Å²) in [4.78, 5) is 23.9. The van der Waals surface area contributed by atoms with Crippen molar-refractivity contribution in [1.29, 1.82) is 0 Å². The van der Waals surface area contributed by atoms with Gasteiger partial charge >= 0.3 is 0 Å². The molecule has 0 atom stereocenters. The van der Waals surface area contributed by atoms with Crippen LogP contribution in [0.25, 0.3) is 11.0 Å². The number of carbonyl (C=O) groups excluding carboxylic acids is 1. The molecule has 2 aromatic rings. The van der Waals surface area contributed by atoms with Crippen molar-refractivity contribution < 1.29 is 14.3 Å². The number of carbonyl (C=O) groups is 1. The van der Waals surface area contributed by atoms with Crippen LogP contribution in [-0.4, -0.2) is 23.2 Å². The predicted molar refractivity (Wildman–Crippen MR) is 73.6 cm³/mol. The minimum atomic E-state index is -0.799. The van der Waals surface area contributed by atoms with Crippen molar-refractivity contribution in [3.05, 3.63) is 46.3 Å². The normalized spacial score (nSPS) is 16.6. The first-order valence-electron chi connectivity index (χ1n) is 6.61. The zero-order valence-electron chi connectivity index (χ0n) is 10.9. The molecule has 1 fully saturated rings. The van der Waals surface area contributed by atoms with Gasteiger partial charge in [0.25, 0.3) is 5.91 Å². The highest BCUT2D eigenvalue weighted by Gasteiger charge is 2.34. The molecule has 0 unspecified atom stereocenters. The molecule has 1 amide bonds. The Morgan fingerprint density at radius 3 is 2.80 bits per heavy atom. The van der Waals surface area contributed by atoms with E-state index in [2.05, 4.69) is 5.32 Å². The molecule has 104 valence electrons. The molecular weight excluding hydrogens is 258 g/mol. The third-order valence-corrected chi connectivity index (χ3v) is 3.72. The van der Waals surface area contributed by atoms with Gasteiger partial charge in [-0.15, -0.1) is 0 Å². The van der Waals surface area contributed by atoms with E-state index in [9.17, 15) is 14.7 Å². The van der Waals surface area contributed by atoms with Crippen LogP contribution in [0.3, 0.4) is 0 Å². The van der Waals surface area contributed by atoms with Crippen LogP contribution in [0.1, 0.15) is 29.8 Å². The third kappa shape index (κ3) is 2.32. The van der Waals surface area contributed by atoms with Gasteiger partial charge in [0.1, 0.15) is 5.58 Å². The number of rotatable bonds is 3. The minimum Gasteiger partial charge on any atom is -0.451 e. The fourth-order valence-corrected chi connectivity index (χ4v) is 2.31. The second-order valence-electron chi connectivity index (χ2n) is 5.23. The van der Waals surface area contributed by atoms with E-state index in [0.717, 1.165) is 6.42 Å². The smallest absolute Gasteiger partial charge is 0.287 e. The van der Waals surface area contributed by atoms with Gasteiger partial charge in [0.15, 0.2) is 11.2 Å². The van der Waals surface area contributed by atoms with Gasteiger partial charge in [0.2, 0.25) is 0 Å². The van der Waals surface area contributed by atoms with Gasteiger partial charge in [-0.2, -0.15) is 0 Å². The van der Waals surface area contributed by atoms with E-state index in [-0.39, 0.29) is 17.7 Å². The minimum absolute atomic E-state index is 0.0309. The molecule has 3 rings (SSSR count). The fourth-order valence-electron chi connectivity index (χ4n) is 2.31. The van der Waals surface area contributed by atoms with Gasteiger partial charge in [0, 0.05) is 12.6 Å². The van der Waals surface area contributed by atoms with Crippen molar-refractivity contribution in [2.45, 2.75) is 24.9 Å². The molecule has 2 N–H and O–H groups in total. The fraction of sp³-hybridized carbons (Fsp3) is 0.333. The summed E-state index contributed by atoms with van der Waals surface area (Å²) in [5.41, 5.74) is -0.667. The van der Waals surface area contributed by atoms with Crippen molar-refractivity contribution in [3.8, 4) is 0 Å². The number of hydrogen-bond acceptors (Lipinski definition) is 4. The van der Waals surface area contributed by atoms with E-state index >= 15 is 0 Å². The number of fused-ring (bicyclic) bond motifs is 1. The Morgan fingerprint density at radius 1 is 1.35 bits per heavy atom. The largest absolute Gasteiger partial charge is 0.451 e. The lowest BCUT2D eigenvalue weighted by Gasteiger charge is -2.36. The van der Waals surface area contributed by atoms with Gasteiger partial charge in [-0.05, 0) is 31.4 Å². The van der Waals surface area contributed by atoms with Crippen molar-refractivity contribution in [1.82, 2.24) is 5.32 Å². The Hall–Kier alpha value is -2.14. The summed E-state index contributed by atoms with van der Waals surface area (Å²) in [6.07, 6.45) is 2.35.